The maximum Gasteiger partial charge on any atom is 0.411 e. The van der Waals surface area contributed by atoms with Gasteiger partial charge in [0.2, 0.25) is 0 Å². The number of ether oxygens (including phenoxy) is 1. The zero-order chi connectivity index (χ0) is 12.7. The summed E-state index contributed by atoms with van der Waals surface area (Å²) in [5.74, 6) is 0.0169. The lowest BCUT2D eigenvalue weighted by atomic mass is 10.1. The smallest absolute Gasteiger partial charge is 0.411 e. The average molecular weight is 242 g/mol. The fourth-order valence-electron chi connectivity index (χ4n) is 1.82. The molecule has 1 rings (SSSR count). The lowest BCUT2D eigenvalue weighted by molar-refractivity contribution is 0.0743. The van der Waals surface area contributed by atoms with Gasteiger partial charge in [-0.15, -0.1) is 0 Å². The second kappa shape index (κ2) is 6.98. The van der Waals surface area contributed by atoms with Gasteiger partial charge >= 0.3 is 6.09 Å². The summed E-state index contributed by atoms with van der Waals surface area (Å²) in [7, 11) is 0. The molecule has 0 spiro atoms. The van der Waals surface area contributed by atoms with Crippen LogP contribution in [0.5, 0.6) is 0 Å². The predicted octanol–water partition coefficient (Wildman–Crippen LogP) is 1.01. The third kappa shape index (κ3) is 4.50. The first-order chi connectivity index (χ1) is 8.15. The van der Waals surface area contributed by atoms with Crippen LogP contribution in [-0.2, 0) is 4.74 Å². The number of aliphatic imine (C=N–C) groups is 1. The molecule has 4 N–H and O–H groups in total. The molecule has 0 radical (unpaired) electrons. The van der Waals surface area contributed by atoms with Crippen molar-refractivity contribution in [2.75, 3.05) is 13.2 Å². The SMILES string of the molecule is CCCCOC(=O)N1CCCCC1N=C(N)N. The van der Waals surface area contributed by atoms with Crippen molar-refractivity contribution in [2.45, 2.75) is 45.2 Å². The van der Waals surface area contributed by atoms with Crippen LogP contribution in [0, 0.1) is 0 Å². The minimum Gasteiger partial charge on any atom is -0.449 e. The normalized spacial score (nSPS) is 19.8. The molecular formula is C11H22N4O2. The Morgan fingerprint density at radius 3 is 2.88 bits per heavy atom. The van der Waals surface area contributed by atoms with Crippen molar-refractivity contribution < 1.29 is 9.53 Å². The first kappa shape index (κ1) is 13.6. The van der Waals surface area contributed by atoms with Gasteiger partial charge in [0.15, 0.2) is 5.96 Å². The van der Waals surface area contributed by atoms with Gasteiger partial charge in [0, 0.05) is 6.54 Å². The zero-order valence-electron chi connectivity index (χ0n) is 10.4. The number of amides is 1. The molecule has 1 atom stereocenters. The van der Waals surface area contributed by atoms with Crippen LogP contribution in [-0.4, -0.2) is 36.3 Å². The molecule has 1 heterocycles. The van der Waals surface area contributed by atoms with Crippen molar-refractivity contribution in [3.63, 3.8) is 0 Å². The summed E-state index contributed by atoms with van der Waals surface area (Å²) < 4.78 is 5.17. The molecular weight excluding hydrogens is 220 g/mol. The van der Waals surface area contributed by atoms with E-state index in [2.05, 4.69) is 11.9 Å². The lowest BCUT2D eigenvalue weighted by Crippen LogP contribution is -2.44. The Balaban J connectivity index is 2.52. The Bertz CT molecular complexity index is 277. The van der Waals surface area contributed by atoms with Gasteiger partial charge in [-0.25, -0.2) is 9.79 Å². The molecule has 1 saturated heterocycles. The summed E-state index contributed by atoms with van der Waals surface area (Å²) >= 11 is 0. The van der Waals surface area contributed by atoms with Gasteiger partial charge in [0.05, 0.1) is 6.61 Å². The van der Waals surface area contributed by atoms with Gasteiger partial charge in [-0.3, -0.25) is 4.90 Å². The van der Waals surface area contributed by atoms with E-state index >= 15 is 0 Å². The fraction of sp³-hybridized carbons (Fsp3) is 0.818. The van der Waals surface area contributed by atoms with Crippen LogP contribution >= 0.6 is 0 Å². The Morgan fingerprint density at radius 2 is 2.24 bits per heavy atom. The maximum absolute atomic E-state index is 11.8. The molecule has 0 aromatic heterocycles. The van der Waals surface area contributed by atoms with Gasteiger partial charge in [0.1, 0.15) is 6.17 Å². The van der Waals surface area contributed by atoms with E-state index in [0.717, 1.165) is 32.1 Å². The van der Waals surface area contributed by atoms with E-state index in [1.165, 1.54) is 0 Å². The van der Waals surface area contributed by atoms with Gasteiger partial charge < -0.3 is 16.2 Å². The lowest BCUT2D eigenvalue weighted by Gasteiger charge is -2.32. The van der Waals surface area contributed by atoms with Gasteiger partial charge in [0.25, 0.3) is 0 Å². The number of carbonyl (C=O) groups is 1. The Labute approximate surface area is 102 Å². The fourth-order valence-corrected chi connectivity index (χ4v) is 1.82. The molecule has 6 heteroatoms. The third-order valence-electron chi connectivity index (χ3n) is 2.73. The molecule has 17 heavy (non-hydrogen) atoms. The Kier molecular flexibility index (Phi) is 5.59. The maximum atomic E-state index is 11.8. The zero-order valence-corrected chi connectivity index (χ0v) is 10.4. The molecule has 0 saturated carbocycles. The third-order valence-corrected chi connectivity index (χ3v) is 2.73. The summed E-state index contributed by atoms with van der Waals surface area (Å²) in [6, 6.07) is 0. The number of guanidine groups is 1. The highest BCUT2D eigenvalue weighted by molar-refractivity contribution is 5.76. The van der Waals surface area contributed by atoms with Crippen molar-refractivity contribution in [1.82, 2.24) is 4.90 Å². The number of hydrogen-bond donors (Lipinski definition) is 2. The van der Waals surface area contributed by atoms with Crippen molar-refractivity contribution in [1.29, 1.82) is 0 Å². The number of hydrogen-bond acceptors (Lipinski definition) is 3. The van der Waals surface area contributed by atoms with Crippen LogP contribution in [0.1, 0.15) is 39.0 Å². The molecule has 1 amide bonds. The number of unbranched alkanes of at least 4 members (excludes halogenated alkanes) is 1. The van der Waals surface area contributed by atoms with Crippen LogP contribution in [0.4, 0.5) is 4.79 Å². The first-order valence-corrected chi connectivity index (χ1v) is 6.17. The molecule has 6 nitrogen and oxygen atoms in total. The summed E-state index contributed by atoms with van der Waals surface area (Å²) in [5.41, 5.74) is 10.7. The second-order valence-electron chi connectivity index (χ2n) is 4.19. The highest BCUT2D eigenvalue weighted by atomic mass is 16.6. The quantitative estimate of drug-likeness (QED) is 0.437. The van der Waals surface area contributed by atoms with Crippen LogP contribution in [0.2, 0.25) is 0 Å². The van der Waals surface area contributed by atoms with E-state index in [9.17, 15) is 4.79 Å². The van der Waals surface area contributed by atoms with E-state index in [4.69, 9.17) is 16.2 Å². The first-order valence-electron chi connectivity index (χ1n) is 6.17. The average Bonchev–Trinajstić information content (AvgIpc) is 2.29. The molecule has 1 aliphatic heterocycles. The predicted molar refractivity (Wildman–Crippen MR) is 66.4 cm³/mol. The summed E-state index contributed by atoms with van der Waals surface area (Å²) in [4.78, 5) is 17.5. The molecule has 1 aliphatic rings. The number of carbonyl (C=O) groups excluding carboxylic acids is 1. The Morgan fingerprint density at radius 1 is 1.47 bits per heavy atom. The second-order valence-corrected chi connectivity index (χ2v) is 4.19. The molecule has 1 unspecified atom stereocenters. The van der Waals surface area contributed by atoms with Crippen LogP contribution in [0.15, 0.2) is 4.99 Å². The number of rotatable bonds is 4. The minimum absolute atomic E-state index is 0.0169. The molecule has 0 aromatic rings. The topological polar surface area (TPSA) is 93.9 Å². The monoisotopic (exact) mass is 242 g/mol. The summed E-state index contributed by atoms with van der Waals surface area (Å²) in [6.45, 7) is 3.17. The van der Waals surface area contributed by atoms with Crippen molar-refractivity contribution in [3.8, 4) is 0 Å². The molecule has 0 bridgehead atoms. The summed E-state index contributed by atoms with van der Waals surface area (Å²) in [6.07, 6.45) is 4.10. The van der Waals surface area contributed by atoms with E-state index < -0.39 is 0 Å². The molecule has 98 valence electrons. The van der Waals surface area contributed by atoms with Gasteiger partial charge in [-0.2, -0.15) is 0 Å². The van der Waals surface area contributed by atoms with E-state index in [0.29, 0.717) is 13.2 Å². The largest absolute Gasteiger partial charge is 0.449 e. The van der Waals surface area contributed by atoms with Crippen LogP contribution < -0.4 is 11.5 Å². The van der Waals surface area contributed by atoms with Crippen molar-refractivity contribution in [3.05, 3.63) is 0 Å². The van der Waals surface area contributed by atoms with Gasteiger partial charge in [-0.1, -0.05) is 13.3 Å². The van der Waals surface area contributed by atoms with Crippen LogP contribution in [0.3, 0.4) is 0 Å². The number of nitrogens with zero attached hydrogens (tertiary/aromatic N) is 2. The highest BCUT2D eigenvalue weighted by Gasteiger charge is 2.27. The van der Waals surface area contributed by atoms with Crippen LogP contribution in [0.25, 0.3) is 0 Å². The van der Waals surface area contributed by atoms with E-state index in [-0.39, 0.29) is 18.2 Å². The molecule has 0 aliphatic carbocycles. The van der Waals surface area contributed by atoms with Crippen molar-refractivity contribution in [2.24, 2.45) is 16.5 Å². The summed E-state index contributed by atoms with van der Waals surface area (Å²) in [5, 5.41) is 0. The molecule has 0 aromatic carbocycles. The van der Waals surface area contributed by atoms with E-state index in [1.54, 1.807) is 4.90 Å². The Hall–Kier alpha value is -1.46. The molecule has 1 fully saturated rings. The van der Waals surface area contributed by atoms with Gasteiger partial charge in [-0.05, 0) is 25.7 Å². The van der Waals surface area contributed by atoms with E-state index in [1.807, 2.05) is 0 Å². The van der Waals surface area contributed by atoms with Crippen molar-refractivity contribution >= 4 is 12.1 Å². The number of nitrogens with two attached hydrogens (primary N) is 2. The standard InChI is InChI=1S/C11H22N4O2/c1-2-3-8-17-11(16)15-7-5-4-6-9(15)14-10(12)13/h9H,2-8H2,1H3,(H4,12,13,14). The number of piperidine rings is 1. The highest BCUT2D eigenvalue weighted by Crippen LogP contribution is 2.18. The number of likely N-dealkylation sites (tertiary alicyclic amines) is 1. The minimum atomic E-state index is -0.312.